The van der Waals surface area contributed by atoms with Gasteiger partial charge in [0.1, 0.15) is 5.75 Å². The van der Waals surface area contributed by atoms with E-state index in [0.29, 0.717) is 22.6 Å². The Hall–Kier alpha value is -3.71. The van der Waals surface area contributed by atoms with Gasteiger partial charge >= 0.3 is 5.97 Å². The first-order valence-corrected chi connectivity index (χ1v) is 10.5. The topological polar surface area (TPSA) is 77.5 Å². The van der Waals surface area contributed by atoms with Crippen molar-refractivity contribution in [3.8, 4) is 5.75 Å². The minimum Gasteiger partial charge on any atom is -0.495 e. The van der Waals surface area contributed by atoms with E-state index in [9.17, 15) is 9.59 Å². The number of hydrogen-bond donors (Lipinski definition) is 1. The fourth-order valence-corrected chi connectivity index (χ4v) is 3.89. The number of nitrogens with one attached hydrogen (secondary N) is 1. The molecule has 0 bridgehead atoms. The molecule has 0 aliphatic rings. The molecule has 0 spiro atoms. The summed E-state index contributed by atoms with van der Waals surface area (Å²) in [5, 5.41) is 2.83. The highest BCUT2D eigenvalue weighted by Gasteiger charge is 2.26. The Morgan fingerprint density at radius 3 is 2.61 bits per heavy atom. The lowest BCUT2D eigenvalue weighted by molar-refractivity contribution is -0.125. The third-order valence-corrected chi connectivity index (χ3v) is 5.54. The molecule has 0 aliphatic heterocycles. The molecule has 1 N–H and O–H groups in total. The average molecular weight is 433 g/mol. The van der Waals surface area contributed by atoms with Gasteiger partial charge in [-0.15, -0.1) is 11.3 Å². The number of hydrogen-bond acceptors (Lipinski definition) is 6. The van der Waals surface area contributed by atoms with Crippen molar-refractivity contribution in [1.82, 2.24) is 4.98 Å². The van der Waals surface area contributed by atoms with Gasteiger partial charge in [0, 0.05) is 5.56 Å². The SMILES string of the molecule is COc1ccc(C)cc1NC(=O)C(OC(=O)c1ccc2ncsc2c1)c1ccccc1. The Labute approximate surface area is 183 Å². The van der Waals surface area contributed by atoms with Gasteiger partial charge in [0.2, 0.25) is 6.10 Å². The van der Waals surface area contributed by atoms with Crippen LogP contribution in [-0.2, 0) is 9.53 Å². The number of benzene rings is 3. The molecule has 0 aliphatic carbocycles. The van der Waals surface area contributed by atoms with Crippen LogP contribution in [0.25, 0.3) is 10.2 Å². The second-order valence-electron chi connectivity index (χ2n) is 6.92. The van der Waals surface area contributed by atoms with E-state index in [-0.39, 0.29) is 0 Å². The number of anilines is 1. The number of aryl methyl sites for hydroxylation is 1. The zero-order chi connectivity index (χ0) is 21.8. The third kappa shape index (κ3) is 4.57. The normalized spacial score (nSPS) is 11.7. The molecule has 0 saturated carbocycles. The highest BCUT2D eigenvalue weighted by Crippen LogP contribution is 2.28. The number of nitrogens with zero attached hydrogens (tertiary/aromatic N) is 1. The highest BCUT2D eigenvalue weighted by atomic mass is 32.1. The average Bonchev–Trinajstić information content (AvgIpc) is 3.26. The van der Waals surface area contributed by atoms with Gasteiger partial charge in [-0.1, -0.05) is 36.4 Å². The number of aromatic nitrogens is 1. The van der Waals surface area contributed by atoms with E-state index >= 15 is 0 Å². The van der Waals surface area contributed by atoms with Gasteiger partial charge in [-0.25, -0.2) is 9.78 Å². The van der Waals surface area contributed by atoms with Crippen LogP contribution in [0.3, 0.4) is 0 Å². The van der Waals surface area contributed by atoms with E-state index in [1.165, 1.54) is 18.4 Å². The minimum absolute atomic E-state index is 0.360. The third-order valence-electron chi connectivity index (χ3n) is 4.75. The van der Waals surface area contributed by atoms with Crippen LogP contribution in [0.15, 0.2) is 72.2 Å². The van der Waals surface area contributed by atoms with Crippen LogP contribution < -0.4 is 10.1 Å². The second-order valence-corrected chi connectivity index (χ2v) is 7.81. The van der Waals surface area contributed by atoms with Gasteiger partial charge in [0.25, 0.3) is 5.91 Å². The van der Waals surface area contributed by atoms with Crippen molar-refractivity contribution in [3.63, 3.8) is 0 Å². The van der Waals surface area contributed by atoms with Crippen LogP contribution in [0.2, 0.25) is 0 Å². The Morgan fingerprint density at radius 1 is 1.03 bits per heavy atom. The van der Waals surface area contributed by atoms with Crippen LogP contribution in [0.1, 0.15) is 27.6 Å². The molecule has 1 heterocycles. The van der Waals surface area contributed by atoms with Crippen LogP contribution in [0, 0.1) is 6.92 Å². The lowest BCUT2D eigenvalue weighted by Gasteiger charge is -2.19. The Morgan fingerprint density at radius 2 is 1.84 bits per heavy atom. The Kier molecular flexibility index (Phi) is 5.95. The Bertz CT molecular complexity index is 1240. The predicted molar refractivity (Wildman–Crippen MR) is 121 cm³/mol. The molecule has 0 fully saturated rings. The molecule has 4 aromatic rings. The summed E-state index contributed by atoms with van der Waals surface area (Å²) in [6.45, 7) is 1.92. The van der Waals surface area contributed by atoms with Gasteiger partial charge in [-0.3, -0.25) is 4.79 Å². The molecular weight excluding hydrogens is 412 g/mol. The summed E-state index contributed by atoms with van der Waals surface area (Å²) in [7, 11) is 1.53. The summed E-state index contributed by atoms with van der Waals surface area (Å²) in [5.74, 6) is -0.537. The second kappa shape index (κ2) is 8.97. The maximum absolute atomic E-state index is 13.2. The molecule has 1 atom stereocenters. The summed E-state index contributed by atoms with van der Waals surface area (Å²) in [6.07, 6.45) is -1.13. The monoisotopic (exact) mass is 432 g/mol. The molecule has 156 valence electrons. The molecule has 31 heavy (non-hydrogen) atoms. The number of thiazole rings is 1. The molecular formula is C24H20N2O4S. The largest absolute Gasteiger partial charge is 0.495 e. The van der Waals surface area contributed by atoms with Gasteiger partial charge in [0.05, 0.1) is 34.1 Å². The zero-order valence-corrected chi connectivity index (χ0v) is 17.8. The molecule has 6 nitrogen and oxygen atoms in total. The molecule has 1 aromatic heterocycles. The predicted octanol–water partition coefficient (Wildman–Crippen LogP) is 5.15. The maximum atomic E-state index is 13.2. The van der Waals surface area contributed by atoms with E-state index in [2.05, 4.69) is 10.3 Å². The number of fused-ring (bicyclic) bond motifs is 1. The van der Waals surface area contributed by atoms with Crippen LogP contribution in [-0.4, -0.2) is 24.0 Å². The number of carbonyl (C=O) groups excluding carboxylic acids is 2. The van der Waals surface area contributed by atoms with Crippen molar-refractivity contribution in [3.05, 3.63) is 88.9 Å². The quantitative estimate of drug-likeness (QED) is 0.426. The molecule has 3 aromatic carbocycles. The van der Waals surface area contributed by atoms with E-state index in [4.69, 9.17) is 9.47 Å². The number of carbonyl (C=O) groups is 2. The van der Waals surface area contributed by atoms with Crippen LogP contribution in [0.4, 0.5) is 5.69 Å². The van der Waals surface area contributed by atoms with E-state index in [1.807, 2.05) is 19.1 Å². The number of amides is 1. The summed E-state index contributed by atoms with van der Waals surface area (Å²) in [6, 6.07) is 19.5. The molecule has 1 amide bonds. The number of methoxy groups -OCH3 is 1. The minimum atomic E-state index is -1.13. The fourth-order valence-electron chi connectivity index (χ4n) is 3.18. The molecule has 0 radical (unpaired) electrons. The number of ether oxygens (including phenoxy) is 2. The number of rotatable bonds is 6. The highest BCUT2D eigenvalue weighted by molar-refractivity contribution is 7.16. The molecule has 0 saturated heterocycles. The summed E-state index contributed by atoms with van der Waals surface area (Å²) < 4.78 is 11.9. The van der Waals surface area contributed by atoms with Crippen molar-refractivity contribution in [1.29, 1.82) is 0 Å². The maximum Gasteiger partial charge on any atom is 0.339 e. The zero-order valence-electron chi connectivity index (χ0n) is 17.0. The van der Waals surface area contributed by atoms with Crippen molar-refractivity contribution >= 4 is 39.1 Å². The van der Waals surface area contributed by atoms with Crippen molar-refractivity contribution in [2.24, 2.45) is 0 Å². The van der Waals surface area contributed by atoms with Gasteiger partial charge in [-0.05, 0) is 42.8 Å². The van der Waals surface area contributed by atoms with Gasteiger partial charge < -0.3 is 14.8 Å². The smallest absolute Gasteiger partial charge is 0.339 e. The summed E-state index contributed by atoms with van der Waals surface area (Å²) in [4.78, 5) is 30.3. The number of esters is 1. The summed E-state index contributed by atoms with van der Waals surface area (Å²) >= 11 is 1.44. The first kappa shape index (κ1) is 20.6. The van der Waals surface area contributed by atoms with Gasteiger partial charge in [-0.2, -0.15) is 0 Å². The fraction of sp³-hybridized carbons (Fsp3) is 0.125. The first-order chi connectivity index (χ1) is 15.0. The summed E-state index contributed by atoms with van der Waals surface area (Å²) in [5.41, 5.74) is 4.93. The Balaban J connectivity index is 1.62. The van der Waals surface area contributed by atoms with Crippen LogP contribution in [0.5, 0.6) is 5.75 Å². The van der Waals surface area contributed by atoms with E-state index < -0.39 is 18.0 Å². The van der Waals surface area contributed by atoms with Crippen molar-refractivity contribution in [2.75, 3.05) is 12.4 Å². The molecule has 1 unspecified atom stereocenters. The first-order valence-electron chi connectivity index (χ1n) is 9.60. The van der Waals surface area contributed by atoms with E-state index in [1.54, 1.807) is 60.1 Å². The van der Waals surface area contributed by atoms with E-state index in [0.717, 1.165) is 15.8 Å². The molecule has 7 heteroatoms. The van der Waals surface area contributed by atoms with Crippen LogP contribution >= 0.6 is 11.3 Å². The lowest BCUT2D eigenvalue weighted by Crippen LogP contribution is -2.26. The van der Waals surface area contributed by atoms with Crippen molar-refractivity contribution < 1.29 is 19.1 Å². The lowest BCUT2D eigenvalue weighted by atomic mass is 10.1. The molecule has 4 rings (SSSR count). The van der Waals surface area contributed by atoms with Crippen molar-refractivity contribution in [2.45, 2.75) is 13.0 Å². The van der Waals surface area contributed by atoms with Gasteiger partial charge in [0.15, 0.2) is 0 Å². The standard InChI is InChI=1S/C24H20N2O4S/c1-15-8-11-20(29-2)19(12-15)26-23(27)22(16-6-4-3-5-7-16)30-24(28)17-9-10-18-21(13-17)31-14-25-18/h3-14,22H,1-2H3,(H,26,27).